The number of fused-ring (bicyclic) bond motifs is 1. The highest BCUT2D eigenvalue weighted by Gasteiger charge is 2.14. The Morgan fingerprint density at radius 2 is 1.74 bits per heavy atom. The van der Waals surface area contributed by atoms with E-state index >= 15 is 0 Å². The van der Waals surface area contributed by atoms with Crippen LogP contribution >= 0.6 is 0 Å². The van der Waals surface area contributed by atoms with E-state index in [0.717, 1.165) is 22.3 Å². The van der Waals surface area contributed by atoms with Crippen LogP contribution in [0.25, 0.3) is 11.0 Å². The van der Waals surface area contributed by atoms with Gasteiger partial charge in [-0.05, 0) is 55.3 Å². The highest BCUT2D eigenvalue weighted by Crippen LogP contribution is 2.27. The van der Waals surface area contributed by atoms with Gasteiger partial charge in [-0.15, -0.1) is 0 Å². The maximum atomic E-state index is 12.8. The van der Waals surface area contributed by atoms with Crippen molar-refractivity contribution in [1.29, 1.82) is 0 Å². The molecule has 0 fully saturated rings. The molecule has 0 aliphatic carbocycles. The van der Waals surface area contributed by atoms with Crippen molar-refractivity contribution in [3.05, 3.63) is 83.7 Å². The maximum absolute atomic E-state index is 12.8. The fourth-order valence-corrected chi connectivity index (χ4v) is 3.78. The van der Waals surface area contributed by atoms with Gasteiger partial charge >= 0.3 is 0 Å². The molecule has 1 heterocycles. The van der Waals surface area contributed by atoms with Crippen LogP contribution < -0.4 is 19.5 Å². The number of hydrogen-bond donors (Lipinski definition) is 1. The molecule has 4 rings (SSSR count). The third-order valence-corrected chi connectivity index (χ3v) is 5.61. The molecule has 0 saturated heterocycles. The molecule has 7 heteroatoms. The molecule has 0 atom stereocenters. The number of aryl methyl sites for hydroxylation is 1. The summed E-state index contributed by atoms with van der Waals surface area (Å²) < 4.78 is 18.5. The van der Waals surface area contributed by atoms with Gasteiger partial charge in [-0.25, -0.2) is 4.98 Å². The Balaban J connectivity index is 1.41. The molecular weight excluding hydrogens is 430 g/mol. The smallest absolute Gasteiger partial charge is 0.240 e. The van der Waals surface area contributed by atoms with E-state index in [2.05, 4.69) is 5.32 Å². The highest BCUT2D eigenvalue weighted by molar-refractivity contribution is 5.81. The number of carbonyl (C=O) groups is 1. The summed E-state index contributed by atoms with van der Waals surface area (Å²) in [6.45, 7) is 2.98. The van der Waals surface area contributed by atoms with Crippen molar-refractivity contribution in [2.45, 2.75) is 26.5 Å². The monoisotopic (exact) mass is 459 g/mol. The number of nitrogens with zero attached hydrogens (tertiary/aromatic N) is 2. The van der Waals surface area contributed by atoms with Gasteiger partial charge < -0.3 is 24.1 Å². The Bertz CT molecular complexity index is 1260. The van der Waals surface area contributed by atoms with E-state index in [0.29, 0.717) is 30.3 Å². The summed E-state index contributed by atoms with van der Waals surface area (Å²) in [5, 5.41) is 3.01. The largest absolute Gasteiger partial charge is 0.493 e. The number of carbonyl (C=O) groups excluding carboxylic acids is 1. The molecule has 176 valence electrons. The lowest BCUT2D eigenvalue weighted by molar-refractivity contribution is -0.121. The number of ether oxygens (including phenoxy) is 3. The summed E-state index contributed by atoms with van der Waals surface area (Å²) in [4.78, 5) is 17.5. The van der Waals surface area contributed by atoms with Crippen molar-refractivity contribution in [2.24, 2.45) is 0 Å². The van der Waals surface area contributed by atoms with Crippen molar-refractivity contribution in [3.63, 3.8) is 0 Å². The molecule has 1 aromatic heterocycles. The van der Waals surface area contributed by atoms with Crippen LogP contribution in [0.2, 0.25) is 0 Å². The Kier molecular flexibility index (Phi) is 7.32. The van der Waals surface area contributed by atoms with Crippen LogP contribution in [-0.4, -0.2) is 36.2 Å². The zero-order valence-corrected chi connectivity index (χ0v) is 19.7. The lowest BCUT2D eigenvalue weighted by Crippen LogP contribution is -2.30. The molecule has 3 aromatic carbocycles. The predicted molar refractivity (Wildman–Crippen MR) is 132 cm³/mol. The zero-order chi connectivity index (χ0) is 23.9. The van der Waals surface area contributed by atoms with E-state index in [1.54, 1.807) is 14.2 Å². The Labute approximate surface area is 199 Å². The third kappa shape index (κ3) is 5.49. The van der Waals surface area contributed by atoms with E-state index < -0.39 is 0 Å². The number of hydrogen-bond acceptors (Lipinski definition) is 5. The number of benzene rings is 3. The Morgan fingerprint density at radius 3 is 2.50 bits per heavy atom. The van der Waals surface area contributed by atoms with Crippen LogP contribution in [0.1, 0.15) is 17.0 Å². The van der Waals surface area contributed by atoms with Gasteiger partial charge in [0.1, 0.15) is 24.7 Å². The van der Waals surface area contributed by atoms with Crippen molar-refractivity contribution >= 4 is 16.9 Å². The van der Waals surface area contributed by atoms with Gasteiger partial charge in [0.25, 0.3) is 0 Å². The predicted octanol–water partition coefficient (Wildman–Crippen LogP) is 4.30. The van der Waals surface area contributed by atoms with Crippen LogP contribution in [0.3, 0.4) is 0 Å². The van der Waals surface area contributed by atoms with E-state index in [1.807, 2.05) is 78.2 Å². The van der Waals surface area contributed by atoms with E-state index in [1.165, 1.54) is 5.56 Å². The van der Waals surface area contributed by atoms with Gasteiger partial charge in [-0.2, -0.15) is 0 Å². The Hall–Kier alpha value is -4.00. The van der Waals surface area contributed by atoms with Crippen molar-refractivity contribution < 1.29 is 19.0 Å². The summed E-state index contributed by atoms with van der Waals surface area (Å²) in [7, 11) is 3.22. The minimum Gasteiger partial charge on any atom is -0.493 e. The van der Waals surface area contributed by atoms with E-state index in [-0.39, 0.29) is 19.1 Å². The molecule has 0 spiro atoms. The van der Waals surface area contributed by atoms with Crippen molar-refractivity contribution in [1.82, 2.24) is 14.9 Å². The molecule has 0 unspecified atom stereocenters. The van der Waals surface area contributed by atoms with Crippen LogP contribution in [-0.2, 0) is 24.4 Å². The summed E-state index contributed by atoms with van der Waals surface area (Å²) in [6.07, 6.45) is 0.681. The number of imidazole rings is 1. The van der Waals surface area contributed by atoms with Crippen LogP contribution in [0, 0.1) is 6.92 Å². The first-order chi connectivity index (χ1) is 16.6. The van der Waals surface area contributed by atoms with Crippen LogP contribution in [0.4, 0.5) is 0 Å². The van der Waals surface area contributed by atoms with Crippen molar-refractivity contribution in [2.75, 3.05) is 20.8 Å². The summed E-state index contributed by atoms with van der Waals surface area (Å²) in [5.41, 5.74) is 3.96. The number of amides is 1. The first-order valence-electron chi connectivity index (χ1n) is 11.2. The molecule has 7 nitrogen and oxygen atoms in total. The average Bonchev–Trinajstić information content (AvgIpc) is 3.20. The molecule has 0 bridgehead atoms. The third-order valence-electron chi connectivity index (χ3n) is 5.61. The van der Waals surface area contributed by atoms with E-state index in [9.17, 15) is 4.79 Å². The Morgan fingerprint density at radius 1 is 0.971 bits per heavy atom. The fourth-order valence-electron chi connectivity index (χ4n) is 3.78. The zero-order valence-electron chi connectivity index (χ0n) is 19.7. The second-order valence-corrected chi connectivity index (χ2v) is 7.99. The highest BCUT2D eigenvalue weighted by atomic mass is 16.5. The topological polar surface area (TPSA) is 74.6 Å². The summed E-state index contributed by atoms with van der Waals surface area (Å²) in [6, 6.07) is 21.4. The number of rotatable bonds is 10. The van der Waals surface area contributed by atoms with Crippen LogP contribution in [0.15, 0.2) is 66.7 Å². The molecule has 1 amide bonds. The standard InChI is InChI=1S/C27H29N3O4/c1-19-8-11-21(12-9-19)34-18-26-29-22-6-4-5-7-23(22)30(26)17-27(31)28-15-14-20-10-13-24(32-2)25(16-20)33-3/h4-13,16H,14-15,17-18H2,1-3H3,(H,28,31). The number of nitrogens with one attached hydrogen (secondary N) is 1. The fraction of sp³-hybridized carbons (Fsp3) is 0.259. The van der Waals surface area contributed by atoms with E-state index in [4.69, 9.17) is 19.2 Å². The van der Waals surface area contributed by atoms with Gasteiger partial charge in [0.2, 0.25) is 5.91 Å². The molecule has 1 N–H and O–H groups in total. The number of aromatic nitrogens is 2. The minimum absolute atomic E-state index is 0.0831. The summed E-state index contributed by atoms with van der Waals surface area (Å²) in [5.74, 6) is 2.75. The normalized spacial score (nSPS) is 10.8. The molecular formula is C27H29N3O4. The second kappa shape index (κ2) is 10.7. The van der Waals surface area contributed by atoms with Gasteiger partial charge in [0.15, 0.2) is 11.5 Å². The average molecular weight is 460 g/mol. The van der Waals surface area contributed by atoms with Crippen molar-refractivity contribution in [3.8, 4) is 17.2 Å². The van der Waals surface area contributed by atoms with Gasteiger partial charge in [-0.1, -0.05) is 35.9 Å². The van der Waals surface area contributed by atoms with Gasteiger partial charge in [0, 0.05) is 6.54 Å². The summed E-state index contributed by atoms with van der Waals surface area (Å²) >= 11 is 0. The molecule has 4 aromatic rings. The minimum atomic E-state index is -0.0831. The molecule has 0 aliphatic heterocycles. The van der Waals surface area contributed by atoms with Gasteiger partial charge in [0.05, 0.1) is 25.3 Å². The molecule has 0 aliphatic rings. The van der Waals surface area contributed by atoms with Crippen LogP contribution in [0.5, 0.6) is 17.2 Å². The first-order valence-corrected chi connectivity index (χ1v) is 11.2. The second-order valence-electron chi connectivity index (χ2n) is 7.99. The lowest BCUT2D eigenvalue weighted by Gasteiger charge is -2.12. The maximum Gasteiger partial charge on any atom is 0.240 e. The molecule has 0 radical (unpaired) electrons. The lowest BCUT2D eigenvalue weighted by atomic mass is 10.1. The number of methoxy groups -OCH3 is 2. The molecule has 0 saturated carbocycles. The van der Waals surface area contributed by atoms with Gasteiger partial charge in [-0.3, -0.25) is 4.79 Å². The quantitative estimate of drug-likeness (QED) is 0.383. The number of para-hydroxylation sites is 2. The SMILES string of the molecule is COc1ccc(CCNC(=O)Cn2c(COc3ccc(C)cc3)nc3ccccc32)cc1OC. The molecule has 34 heavy (non-hydrogen) atoms. The first kappa shape index (κ1) is 23.2.